The maximum atomic E-state index is 13.8. The number of nitro groups is 1. The average Bonchev–Trinajstić information content (AvgIpc) is 3.50. The minimum Gasteiger partial charge on any atom is -0.493 e. The van der Waals surface area contributed by atoms with E-state index < -0.39 is 4.92 Å². The molecular formula is C30H31ClN4O5. The predicted molar refractivity (Wildman–Crippen MR) is 154 cm³/mol. The molecule has 1 aliphatic heterocycles. The molecule has 0 N–H and O–H groups in total. The number of imidazole rings is 1. The van der Waals surface area contributed by atoms with Crippen molar-refractivity contribution in [3.05, 3.63) is 96.9 Å². The maximum absolute atomic E-state index is 13.8. The van der Waals surface area contributed by atoms with Crippen LogP contribution in [0.2, 0.25) is 5.02 Å². The van der Waals surface area contributed by atoms with Crippen LogP contribution in [0.4, 0.5) is 5.69 Å². The molecule has 10 heteroatoms. The maximum Gasteiger partial charge on any atom is 0.329 e. The van der Waals surface area contributed by atoms with Crippen molar-refractivity contribution in [2.75, 3.05) is 27.3 Å². The fraction of sp³-hybridized carbons (Fsp3) is 0.367. The molecule has 1 aromatic heterocycles. The highest BCUT2D eigenvalue weighted by molar-refractivity contribution is 6.31. The summed E-state index contributed by atoms with van der Waals surface area (Å²) in [5.74, 6) is 1.53. The van der Waals surface area contributed by atoms with E-state index in [0.717, 1.165) is 66.9 Å². The smallest absolute Gasteiger partial charge is 0.329 e. The number of halogens is 1. The van der Waals surface area contributed by atoms with Gasteiger partial charge in [-0.25, -0.2) is 4.79 Å². The summed E-state index contributed by atoms with van der Waals surface area (Å²) in [5, 5.41) is 11.6. The number of ether oxygens (including phenoxy) is 2. The molecule has 1 fully saturated rings. The predicted octanol–water partition coefficient (Wildman–Crippen LogP) is 5.75. The Morgan fingerprint density at radius 1 is 0.950 bits per heavy atom. The number of rotatable bonds is 7. The number of hydrogen-bond donors (Lipinski definition) is 0. The monoisotopic (exact) mass is 562 g/mol. The van der Waals surface area contributed by atoms with E-state index in [2.05, 4.69) is 17.0 Å². The van der Waals surface area contributed by atoms with Crippen LogP contribution in [0.5, 0.6) is 11.5 Å². The van der Waals surface area contributed by atoms with Gasteiger partial charge in [-0.3, -0.25) is 24.1 Å². The third-order valence-corrected chi connectivity index (χ3v) is 8.64. The summed E-state index contributed by atoms with van der Waals surface area (Å²) in [7, 11) is 3.34. The van der Waals surface area contributed by atoms with E-state index in [9.17, 15) is 14.9 Å². The molecule has 0 radical (unpaired) electrons. The van der Waals surface area contributed by atoms with Gasteiger partial charge >= 0.3 is 5.69 Å². The van der Waals surface area contributed by atoms with Gasteiger partial charge in [0.15, 0.2) is 11.5 Å². The van der Waals surface area contributed by atoms with Crippen LogP contribution in [0.3, 0.4) is 0 Å². The number of fused-ring (bicyclic) bond motifs is 2. The lowest BCUT2D eigenvalue weighted by Gasteiger charge is -2.37. The van der Waals surface area contributed by atoms with Gasteiger partial charge in [0.1, 0.15) is 0 Å². The Labute approximate surface area is 236 Å². The number of nitrogens with zero attached hydrogens (tertiary/aromatic N) is 4. The van der Waals surface area contributed by atoms with Crippen molar-refractivity contribution >= 4 is 28.3 Å². The molecule has 2 aliphatic rings. The van der Waals surface area contributed by atoms with Crippen LogP contribution in [0.25, 0.3) is 11.0 Å². The van der Waals surface area contributed by atoms with Gasteiger partial charge in [0, 0.05) is 42.3 Å². The average molecular weight is 563 g/mol. The number of aryl methyl sites for hydroxylation is 1. The highest BCUT2D eigenvalue weighted by atomic mass is 35.5. The molecule has 0 spiro atoms. The number of piperidine rings is 1. The lowest BCUT2D eigenvalue weighted by molar-refractivity contribution is -0.384. The molecule has 40 heavy (non-hydrogen) atoms. The van der Waals surface area contributed by atoms with Crippen LogP contribution in [0.15, 0.2) is 59.4 Å². The Hall–Kier alpha value is -3.82. The number of benzene rings is 3. The Balaban J connectivity index is 1.26. The zero-order valence-corrected chi connectivity index (χ0v) is 23.3. The van der Waals surface area contributed by atoms with E-state index in [1.54, 1.807) is 30.9 Å². The zero-order valence-electron chi connectivity index (χ0n) is 22.5. The first-order valence-corrected chi connectivity index (χ1v) is 13.9. The summed E-state index contributed by atoms with van der Waals surface area (Å²) in [6.07, 6.45) is 3.79. The van der Waals surface area contributed by atoms with Crippen molar-refractivity contribution in [1.82, 2.24) is 14.0 Å². The fourth-order valence-electron chi connectivity index (χ4n) is 6.41. The molecule has 208 valence electrons. The number of non-ortho nitro benzene ring substituents is 1. The van der Waals surface area contributed by atoms with Crippen molar-refractivity contribution in [3.8, 4) is 11.5 Å². The first kappa shape index (κ1) is 26.4. The summed E-state index contributed by atoms with van der Waals surface area (Å²) in [5.41, 5.74) is 5.00. The first-order valence-electron chi connectivity index (χ1n) is 13.5. The highest BCUT2D eigenvalue weighted by Gasteiger charge is 2.33. The van der Waals surface area contributed by atoms with Crippen molar-refractivity contribution in [2.24, 2.45) is 0 Å². The number of likely N-dealkylation sites (tertiary alicyclic amines) is 1. The van der Waals surface area contributed by atoms with Crippen molar-refractivity contribution in [3.63, 3.8) is 0 Å². The quantitative estimate of drug-likeness (QED) is 0.210. The van der Waals surface area contributed by atoms with E-state index in [-0.39, 0.29) is 17.4 Å². The third-order valence-electron chi connectivity index (χ3n) is 8.41. The zero-order chi connectivity index (χ0) is 28.0. The summed E-state index contributed by atoms with van der Waals surface area (Å²) >= 11 is 6.35. The second kappa shape index (κ2) is 10.6. The standard InChI is InChI=1S/C30H31ClN4O5/c1-39-28-15-20-5-9-25(24(20)17-29(28)40-2)32-13-11-22(12-14-32)34-26-10-6-21(31)16-27(26)33(30(34)36)18-19-3-7-23(8-4-19)35(37)38/h3-4,6-8,10,15-17,22,25H,5,9,11-14,18H2,1-2H3. The van der Waals surface area contributed by atoms with E-state index in [4.69, 9.17) is 21.1 Å². The summed E-state index contributed by atoms with van der Waals surface area (Å²) < 4.78 is 14.7. The summed E-state index contributed by atoms with van der Waals surface area (Å²) in [6, 6.07) is 16.5. The van der Waals surface area contributed by atoms with Gasteiger partial charge < -0.3 is 9.47 Å². The van der Waals surface area contributed by atoms with Crippen molar-refractivity contribution in [1.29, 1.82) is 0 Å². The number of hydrogen-bond acceptors (Lipinski definition) is 6. The van der Waals surface area contributed by atoms with Crippen LogP contribution in [-0.2, 0) is 13.0 Å². The van der Waals surface area contributed by atoms with Gasteiger partial charge in [0.25, 0.3) is 5.69 Å². The molecule has 1 saturated heterocycles. The molecule has 0 amide bonds. The molecule has 9 nitrogen and oxygen atoms in total. The minimum absolute atomic E-state index is 0.0239. The number of aromatic nitrogens is 2. The second-order valence-electron chi connectivity index (χ2n) is 10.5. The van der Waals surface area contributed by atoms with Gasteiger partial charge in [0.05, 0.1) is 36.7 Å². The Bertz CT molecular complexity index is 1640. The molecular weight excluding hydrogens is 532 g/mol. The van der Waals surface area contributed by atoms with E-state index in [0.29, 0.717) is 17.6 Å². The molecule has 0 bridgehead atoms. The van der Waals surface area contributed by atoms with Crippen LogP contribution < -0.4 is 15.2 Å². The molecule has 0 saturated carbocycles. The van der Waals surface area contributed by atoms with Crippen molar-refractivity contribution in [2.45, 2.75) is 44.3 Å². The van der Waals surface area contributed by atoms with Crippen LogP contribution >= 0.6 is 11.6 Å². The van der Waals surface area contributed by atoms with Gasteiger partial charge in [-0.2, -0.15) is 0 Å². The molecule has 6 rings (SSSR count). The Kier molecular flexibility index (Phi) is 7.02. The molecule has 2 heterocycles. The molecule has 1 atom stereocenters. The summed E-state index contributed by atoms with van der Waals surface area (Å²) in [6.45, 7) is 2.08. The van der Waals surface area contributed by atoms with E-state index in [1.165, 1.54) is 23.3 Å². The highest BCUT2D eigenvalue weighted by Crippen LogP contribution is 2.43. The number of methoxy groups -OCH3 is 2. The Morgan fingerprint density at radius 3 is 2.33 bits per heavy atom. The summed E-state index contributed by atoms with van der Waals surface area (Å²) in [4.78, 5) is 27.0. The molecule has 3 aromatic carbocycles. The van der Waals surface area contributed by atoms with Gasteiger partial charge in [-0.1, -0.05) is 23.7 Å². The number of nitro benzene ring substituents is 1. The minimum atomic E-state index is -0.425. The molecule has 1 unspecified atom stereocenters. The van der Waals surface area contributed by atoms with Crippen molar-refractivity contribution < 1.29 is 14.4 Å². The first-order chi connectivity index (χ1) is 19.4. The van der Waals surface area contributed by atoms with E-state index in [1.807, 2.05) is 22.8 Å². The third kappa shape index (κ3) is 4.63. The Morgan fingerprint density at radius 2 is 1.65 bits per heavy atom. The lowest BCUT2D eigenvalue weighted by Crippen LogP contribution is -2.39. The van der Waals surface area contributed by atoms with E-state index >= 15 is 0 Å². The molecule has 4 aromatic rings. The lowest BCUT2D eigenvalue weighted by atomic mass is 9.99. The van der Waals surface area contributed by atoms with Gasteiger partial charge in [-0.05, 0) is 72.7 Å². The normalized spacial score (nSPS) is 17.7. The van der Waals surface area contributed by atoms with Gasteiger partial charge in [-0.15, -0.1) is 0 Å². The van der Waals surface area contributed by atoms with Crippen LogP contribution in [-0.4, -0.2) is 46.3 Å². The van der Waals surface area contributed by atoms with Crippen LogP contribution in [0, 0.1) is 10.1 Å². The van der Waals surface area contributed by atoms with Gasteiger partial charge in [0.2, 0.25) is 0 Å². The molecule has 1 aliphatic carbocycles. The SMILES string of the molecule is COc1cc2c(cc1OC)C(N1CCC(n3c(=O)n(Cc4ccc([N+](=O)[O-])cc4)c4cc(Cl)ccc43)CC1)CC2. The van der Waals surface area contributed by atoms with Crippen LogP contribution in [0.1, 0.15) is 48.0 Å². The topological polar surface area (TPSA) is 91.8 Å². The second-order valence-corrected chi connectivity index (χ2v) is 11.0. The largest absolute Gasteiger partial charge is 0.493 e. The fourth-order valence-corrected chi connectivity index (χ4v) is 6.58.